The van der Waals surface area contributed by atoms with Crippen molar-refractivity contribution < 1.29 is 44.4 Å². The van der Waals surface area contributed by atoms with Crippen molar-refractivity contribution in [3.63, 3.8) is 0 Å². The van der Waals surface area contributed by atoms with Crippen LogP contribution in [0.4, 0.5) is 32.2 Å². The van der Waals surface area contributed by atoms with Crippen LogP contribution in [0.3, 0.4) is 0 Å². The summed E-state index contributed by atoms with van der Waals surface area (Å²) < 4.78 is 99.7. The standard InChI is InChI=1S/C7H3F6N3O5S/c8-6(9,10)5-4(21-7(11,12)13)2(22(14,19)20)1-3(15-5)16(17)18/h1H,(H2,14,19,20). The van der Waals surface area contributed by atoms with Gasteiger partial charge in [-0.25, -0.2) is 13.6 Å². The molecule has 0 aliphatic rings. The molecule has 0 atom stereocenters. The van der Waals surface area contributed by atoms with E-state index in [-0.39, 0.29) is 6.07 Å². The van der Waals surface area contributed by atoms with Crippen LogP contribution < -0.4 is 9.88 Å². The summed E-state index contributed by atoms with van der Waals surface area (Å²) in [5.41, 5.74) is -2.55. The van der Waals surface area contributed by atoms with E-state index >= 15 is 0 Å². The minimum atomic E-state index is -5.72. The predicted molar refractivity (Wildman–Crippen MR) is 53.9 cm³/mol. The van der Waals surface area contributed by atoms with Crippen molar-refractivity contribution in [2.45, 2.75) is 17.4 Å². The highest BCUT2D eigenvalue weighted by Crippen LogP contribution is 2.42. The molecule has 1 aromatic heterocycles. The van der Waals surface area contributed by atoms with Crippen LogP contribution in [-0.2, 0) is 16.2 Å². The average Bonchev–Trinajstić information content (AvgIpc) is 2.23. The quantitative estimate of drug-likeness (QED) is 0.498. The van der Waals surface area contributed by atoms with E-state index in [1.165, 1.54) is 0 Å². The van der Waals surface area contributed by atoms with Crippen molar-refractivity contribution in [3.8, 4) is 5.75 Å². The number of primary sulfonamides is 1. The van der Waals surface area contributed by atoms with E-state index in [9.17, 15) is 44.9 Å². The third-order valence-corrected chi connectivity index (χ3v) is 2.82. The fourth-order valence-electron chi connectivity index (χ4n) is 1.21. The zero-order chi connectivity index (χ0) is 17.5. The van der Waals surface area contributed by atoms with Gasteiger partial charge in [-0.1, -0.05) is 0 Å². The number of rotatable bonds is 3. The molecule has 0 amide bonds. The summed E-state index contributed by atoms with van der Waals surface area (Å²) in [5, 5.41) is 14.9. The van der Waals surface area contributed by atoms with E-state index in [1.54, 1.807) is 0 Å². The number of nitrogens with two attached hydrogens (primary N) is 1. The van der Waals surface area contributed by atoms with Crippen molar-refractivity contribution >= 4 is 15.8 Å². The predicted octanol–water partition coefficient (Wildman–Crippen LogP) is 1.55. The minimum Gasteiger partial charge on any atom is -0.400 e. The van der Waals surface area contributed by atoms with Crippen LogP contribution in [0.2, 0.25) is 0 Å². The van der Waals surface area contributed by atoms with Gasteiger partial charge in [-0.2, -0.15) is 13.2 Å². The van der Waals surface area contributed by atoms with Gasteiger partial charge in [0.25, 0.3) is 5.69 Å². The third kappa shape index (κ3) is 4.17. The molecule has 0 aliphatic heterocycles. The van der Waals surface area contributed by atoms with Crippen LogP contribution in [0.15, 0.2) is 11.0 Å². The Morgan fingerprint density at radius 2 is 1.73 bits per heavy atom. The van der Waals surface area contributed by atoms with Gasteiger partial charge in [-0.05, 0) is 9.91 Å². The van der Waals surface area contributed by atoms with Gasteiger partial charge in [0, 0.05) is 0 Å². The molecule has 124 valence electrons. The van der Waals surface area contributed by atoms with Gasteiger partial charge in [0.05, 0.1) is 6.07 Å². The molecule has 0 aromatic carbocycles. The number of hydrogen-bond donors (Lipinski definition) is 1. The molecule has 1 aromatic rings. The first-order valence-electron chi connectivity index (χ1n) is 4.68. The van der Waals surface area contributed by atoms with Crippen LogP contribution >= 0.6 is 0 Å². The Labute approximate surface area is 116 Å². The van der Waals surface area contributed by atoms with E-state index in [0.29, 0.717) is 0 Å². The highest BCUT2D eigenvalue weighted by Gasteiger charge is 2.48. The summed E-state index contributed by atoms with van der Waals surface area (Å²) in [5.74, 6) is -3.97. The number of ether oxygens (including phenoxy) is 1. The lowest BCUT2D eigenvalue weighted by Crippen LogP contribution is -2.25. The fraction of sp³-hybridized carbons (Fsp3) is 0.286. The second kappa shape index (κ2) is 5.24. The number of sulfonamides is 1. The number of aromatic nitrogens is 1. The van der Waals surface area contributed by atoms with Crippen LogP contribution in [0.5, 0.6) is 5.75 Å². The highest BCUT2D eigenvalue weighted by molar-refractivity contribution is 7.89. The lowest BCUT2D eigenvalue weighted by Gasteiger charge is -2.14. The molecule has 0 fully saturated rings. The largest absolute Gasteiger partial charge is 0.573 e. The van der Waals surface area contributed by atoms with Crippen molar-refractivity contribution in [3.05, 3.63) is 21.9 Å². The molecule has 0 radical (unpaired) electrons. The first-order chi connectivity index (χ1) is 9.63. The molecule has 8 nitrogen and oxygen atoms in total. The fourth-order valence-corrected chi connectivity index (χ4v) is 1.87. The van der Waals surface area contributed by atoms with Gasteiger partial charge in [-0.3, -0.25) is 0 Å². The molecule has 22 heavy (non-hydrogen) atoms. The second-order valence-electron chi connectivity index (χ2n) is 3.50. The lowest BCUT2D eigenvalue weighted by atomic mass is 10.3. The Bertz CT molecular complexity index is 713. The van der Waals surface area contributed by atoms with Gasteiger partial charge < -0.3 is 14.9 Å². The molecular formula is C7H3F6N3O5S. The maximum Gasteiger partial charge on any atom is 0.573 e. The SMILES string of the molecule is NS(=O)(=O)c1cc([N+](=O)[O-])nc(C(F)(F)F)c1OC(F)(F)F. The lowest BCUT2D eigenvalue weighted by molar-refractivity contribution is -0.390. The number of alkyl halides is 6. The van der Waals surface area contributed by atoms with Crippen molar-refractivity contribution in [1.82, 2.24) is 4.98 Å². The maximum absolute atomic E-state index is 12.7. The summed E-state index contributed by atoms with van der Waals surface area (Å²) >= 11 is 0. The molecule has 15 heteroatoms. The van der Waals surface area contributed by atoms with E-state index in [0.717, 1.165) is 0 Å². The Kier molecular flexibility index (Phi) is 4.26. The molecule has 0 spiro atoms. The first kappa shape index (κ1) is 17.9. The molecule has 0 saturated carbocycles. The Balaban J connectivity index is 3.86. The van der Waals surface area contributed by atoms with Gasteiger partial charge in [-0.15, -0.1) is 13.2 Å². The summed E-state index contributed by atoms with van der Waals surface area (Å²) in [6, 6.07) is -0.175. The Hall–Kier alpha value is -2.16. The van der Waals surface area contributed by atoms with Crippen LogP contribution in [-0.4, -0.2) is 24.7 Å². The second-order valence-corrected chi connectivity index (χ2v) is 5.03. The minimum absolute atomic E-state index is 0.175. The average molecular weight is 355 g/mol. The van der Waals surface area contributed by atoms with E-state index < -0.39 is 49.6 Å². The molecular weight excluding hydrogens is 352 g/mol. The van der Waals surface area contributed by atoms with Crippen molar-refractivity contribution in [2.75, 3.05) is 0 Å². The van der Waals surface area contributed by atoms with Gasteiger partial charge >= 0.3 is 18.4 Å². The van der Waals surface area contributed by atoms with Crippen molar-refractivity contribution in [2.24, 2.45) is 5.14 Å². The number of halogens is 6. The Morgan fingerprint density at radius 1 is 1.23 bits per heavy atom. The summed E-state index contributed by atoms with van der Waals surface area (Å²) in [4.78, 5) is 9.35. The molecule has 0 saturated heterocycles. The maximum atomic E-state index is 12.7. The zero-order valence-electron chi connectivity index (χ0n) is 9.77. The van der Waals surface area contributed by atoms with Crippen LogP contribution in [0.25, 0.3) is 0 Å². The monoisotopic (exact) mass is 355 g/mol. The number of hydrogen-bond acceptors (Lipinski definition) is 6. The third-order valence-electron chi connectivity index (χ3n) is 1.91. The molecule has 1 heterocycles. The number of pyridine rings is 1. The van der Waals surface area contributed by atoms with Crippen LogP contribution in [0.1, 0.15) is 5.69 Å². The molecule has 0 unspecified atom stereocenters. The van der Waals surface area contributed by atoms with Gasteiger partial charge in [0.1, 0.15) is 4.90 Å². The van der Waals surface area contributed by atoms with Gasteiger partial charge in [0.2, 0.25) is 15.8 Å². The molecule has 0 bridgehead atoms. The topological polar surface area (TPSA) is 125 Å². The zero-order valence-corrected chi connectivity index (χ0v) is 10.6. The van der Waals surface area contributed by atoms with E-state index in [2.05, 4.69) is 14.9 Å². The molecule has 0 aliphatic carbocycles. The summed E-state index contributed by atoms with van der Waals surface area (Å²) in [7, 11) is -5.21. The summed E-state index contributed by atoms with van der Waals surface area (Å²) in [6.07, 6.45) is -11.4. The van der Waals surface area contributed by atoms with E-state index in [1.807, 2.05) is 0 Å². The highest BCUT2D eigenvalue weighted by atomic mass is 32.2. The Morgan fingerprint density at radius 3 is 2.05 bits per heavy atom. The first-order valence-corrected chi connectivity index (χ1v) is 6.22. The smallest absolute Gasteiger partial charge is 0.400 e. The van der Waals surface area contributed by atoms with Crippen molar-refractivity contribution in [1.29, 1.82) is 0 Å². The van der Waals surface area contributed by atoms with E-state index in [4.69, 9.17) is 0 Å². The number of nitro groups is 1. The molecule has 2 N–H and O–H groups in total. The summed E-state index contributed by atoms with van der Waals surface area (Å²) in [6.45, 7) is 0. The normalized spacial score (nSPS) is 13.0. The molecule has 1 rings (SSSR count). The van der Waals surface area contributed by atoms with Gasteiger partial charge in [0.15, 0.2) is 0 Å². The number of nitrogens with zero attached hydrogens (tertiary/aromatic N) is 2. The van der Waals surface area contributed by atoms with Crippen LogP contribution in [0, 0.1) is 10.1 Å².